The molecule has 0 amide bonds. The molecule has 30 heavy (non-hydrogen) atoms. The normalized spacial score (nSPS) is 10.3. The Balaban J connectivity index is 0.00000320. The predicted molar refractivity (Wildman–Crippen MR) is 123 cm³/mol. The Morgan fingerprint density at radius 2 is 1.57 bits per heavy atom. The first kappa shape index (κ1) is 24.1. The number of benzene rings is 2. The fraction of sp³-hybridized carbons (Fsp3) is 0.250. The number of anilines is 1. The van der Waals surface area contributed by atoms with Gasteiger partial charge in [0.2, 0.25) is 0 Å². The fourth-order valence-electron chi connectivity index (χ4n) is 3.16. The van der Waals surface area contributed by atoms with Crippen molar-refractivity contribution in [1.29, 1.82) is 0 Å². The van der Waals surface area contributed by atoms with Gasteiger partial charge in [-0.05, 0) is 30.5 Å². The van der Waals surface area contributed by atoms with Gasteiger partial charge in [-0.3, -0.25) is 0 Å². The summed E-state index contributed by atoms with van der Waals surface area (Å²) in [6.45, 7) is 1.04. The number of aliphatic carboxylic acids is 1. The monoisotopic (exact) mass is 414 g/mol. The third kappa shape index (κ3) is 6.96. The second-order valence-electron chi connectivity index (χ2n) is 6.87. The van der Waals surface area contributed by atoms with Gasteiger partial charge in [0, 0.05) is 31.3 Å². The van der Waals surface area contributed by atoms with Crippen molar-refractivity contribution in [3.8, 4) is 22.4 Å². The van der Waals surface area contributed by atoms with Crippen molar-refractivity contribution >= 4 is 41.3 Å². The average Bonchev–Trinajstić information content (AvgIpc) is 2.76. The van der Waals surface area contributed by atoms with Crippen LogP contribution in [0.2, 0.25) is 0 Å². The number of hydrogen-bond donors (Lipinski definition) is 1. The number of carboxylic acid groups (broad SMARTS) is 1. The van der Waals surface area contributed by atoms with Gasteiger partial charge in [0.15, 0.2) is 0 Å². The molecule has 0 atom stereocenters. The number of nitrogens with zero attached hydrogens (tertiary/aromatic N) is 2. The van der Waals surface area contributed by atoms with Gasteiger partial charge in [-0.1, -0.05) is 60.7 Å². The van der Waals surface area contributed by atoms with Crippen molar-refractivity contribution in [2.45, 2.75) is 12.8 Å². The topological polar surface area (TPSA) is 62.7 Å². The Kier molecular flexibility index (Phi) is 10.0. The number of carboxylic acids is 1. The van der Waals surface area contributed by atoms with Crippen LogP contribution in [0.4, 0.5) is 5.82 Å². The Bertz CT molecular complexity index is 920. The summed E-state index contributed by atoms with van der Waals surface area (Å²) in [5.74, 6) is -0.0201. The molecule has 1 N–H and O–H groups in total. The minimum absolute atomic E-state index is 0. The zero-order valence-corrected chi connectivity index (χ0v) is 16.6. The first-order valence-corrected chi connectivity index (χ1v) is 9.77. The molecule has 0 aliphatic carbocycles. The number of aromatic nitrogens is 1. The van der Waals surface area contributed by atoms with E-state index >= 15 is 0 Å². The molecule has 0 aliphatic heterocycles. The average molecular weight is 414 g/mol. The van der Waals surface area contributed by atoms with Crippen molar-refractivity contribution in [1.82, 2.24) is 4.98 Å². The summed E-state index contributed by atoms with van der Waals surface area (Å²) in [6, 6.07) is 24.7. The van der Waals surface area contributed by atoms with Crippen LogP contribution in [0.3, 0.4) is 0 Å². The Hall–Kier alpha value is -2.18. The minimum atomic E-state index is -0.932. The number of ether oxygens (including phenoxy) is 1. The summed E-state index contributed by atoms with van der Waals surface area (Å²) in [5, 5.41) is 8.59. The van der Waals surface area contributed by atoms with Crippen LogP contribution in [0.15, 0.2) is 72.8 Å². The Morgan fingerprint density at radius 1 is 0.933 bits per heavy atom. The van der Waals surface area contributed by atoms with Crippen molar-refractivity contribution in [3.05, 3.63) is 72.8 Å². The third-order valence-corrected chi connectivity index (χ3v) is 4.66. The summed E-state index contributed by atoms with van der Waals surface area (Å²) in [7, 11) is 2.03. The standard InChI is InChI=1S/C24H26N2O3.Na.H/c1-26(16-8-9-17-29-18-23(27)28)22-15-14-21(19-10-4-2-5-11-19)24(25-22)20-12-6-3-7-13-20;;/h2-7,10-15H,8-9,16-18H2,1H3,(H,27,28);;. The van der Waals surface area contributed by atoms with Crippen molar-refractivity contribution in [3.63, 3.8) is 0 Å². The Labute approximate surface area is 200 Å². The van der Waals surface area contributed by atoms with E-state index < -0.39 is 5.97 Å². The predicted octanol–water partition coefficient (Wildman–Crippen LogP) is 4.08. The van der Waals surface area contributed by atoms with E-state index in [4.69, 9.17) is 14.8 Å². The summed E-state index contributed by atoms with van der Waals surface area (Å²) in [4.78, 5) is 17.6. The number of carbonyl (C=O) groups is 1. The molecule has 0 fully saturated rings. The SMILES string of the molecule is CN(CCCCOCC(=O)O)c1ccc(-c2ccccc2)c(-c2ccccc2)n1.[NaH]. The van der Waals surface area contributed by atoms with Gasteiger partial charge >= 0.3 is 35.5 Å². The van der Waals surface area contributed by atoms with Gasteiger partial charge in [0.1, 0.15) is 12.4 Å². The van der Waals surface area contributed by atoms with Gasteiger partial charge < -0.3 is 14.7 Å². The van der Waals surface area contributed by atoms with Crippen molar-refractivity contribution in [2.24, 2.45) is 0 Å². The summed E-state index contributed by atoms with van der Waals surface area (Å²) in [6.07, 6.45) is 1.71. The maximum atomic E-state index is 10.5. The molecule has 1 aromatic heterocycles. The first-order valence-electron chi connectivity index (χ1n) is 9.77. The molecule has 0 unspecified atom stereocenters. The second-order valence-corrected chi connectivity index (χ2v) is 6.87. The van der Waals surface area contributed by atoms with E-state index in [-0.39, 0.29) is 36.2 Å². The molecular weight excluding hydrogens is 387 g/mol. The Morgan fingerprint density at radius 3 is 2.20 bits per heavy atom. The fourth-order valence-corrected chi connectivity index (χ4v) is 3.16. The van der Waals surface area contributed by atoms with Crippen LogP contribution in [0.5, 0.6) is 0 Å². The molecule has 5 nitrogen and oxygen atoms in total. The number of pyridine rings is 1. The zero-order chi connectivity index (χ0) is 20.5. The second kappa shape index (κ2) is 12.5. The molecule has 152 valence electrons. The molecule has 1 heterocycles. The van der Waals surface area contributed by atoms with Crippen molar-refractivity contribution in [2.75, 3.05) is 31.7 Å². The molecule has 0 aliphatic rings. The molecule has 0 saturated heterocycles. The van der Waals surface area contributed by atoms with E-state index in [1.165, 1.54) is 0 Å². The van der Waals surface area contributed by atoms with Crippen LogP contribution < -0.4 is 4.90 Å². The molecule has 0 spiro atoms. The summed E-state index contributed by atoms with van der Waals surface area (Å²) in [5.41, 5.74) is 4.30. The van der Waals surface area contributed by atoms with Crippen LogP contribution in [0.25, 0.3) is 22.4 Å². The van der Waals surface area contributed by atoms with Crippen LogP contribution >= 0.6 is 0 Å². The van der Waals surface area contributed by atoms with Gasteiger partial charge in [0.25, 0.3) is 0 Å². The van der Waals surface area contributed by atoms with E-state index in [0.717, 1.165) is 47.6 Å². The summed E-state index contributed by atoms with van der Waals surface area (Å²) >= 11 is 0. The molecule has 6 heteroatoms. The van der Waals surface area contributed by atoms with Gasteiger partial charge in [0.05, 0.1) is 5.69 Å². The molecule has 2 aromatic carbocycles. The summed E-state index contributed by atoms with van der Waals surface area (Å²) < 4.78 is 5.09. The van der Waals surface area contributed by atoms with E-state index in [2.05, 4.69) is 41.3 Å². The van der Waals surface area contributed by atoms with Crippen LogP contribution in [-0.4, -0.2) is 72.4 Å². The van der Waals surface area contributed by atoms with Crippen LogP contribution in [0.1, 0.15) is 12.8 Å². The number of hydrogen-bond acceptors (Lipinski definition) is 4. The molecule has 3 aromatic rings. The zero-order valence-electron chi connectivity index (χ0n) is 16.6. The van der Waals surface area contributed by atoms with E-state index in [1.807, 2.05) is 43.4 Å². The first-order chi connectivity index (χ1) is 14.1. The van der Waals surface area contributed by atoms with Crippen LogP contribution in [-0.2, 0) is 9.53 Å². The van der Waals surface area contributed by atoms with Gasteiger partial charge in [-0.25, -0.2) is 9.78 Å². The molecule has 0 bridgehead atoms. The van der Waals surface area contributed by atoms with E-state index in [9.17, 15) is 4.79 Å². The van der Waals surface area contributed by atoms with Gasteiger partial charge in [-0.15, -0.1) is 0 Å². The molecule has 0 radical (unpaired) electrons. The van der Waals surface area contributed by atoms with Crippen molar-refractivity contribution < 1.29 is 14.6 Å². The third-order valence-electron chi connectivity index (χ3n) is 4.66. The van der Waals surface area contributed by atoms with E-state index in [1.54, 1.807) is 0 Å². The molecule has 3 rings (SSSR count). The van der Waals surface area contributed by atoms with Gasteiger partial charge in [-0.2, -0.15) is 0 Å². The maximum absolute atomic E-state index is 10.5. The number of unbranched alkanes of at least 4 members (excludes halogenated alkanes) is 1. The van der Waals surface area contributed by atoms with E-state index in [0.29, 0.717) is 6.61 Å². The number of rotatable bonds is 10. The molecular formula is C24H27N2NaO3. The molecule has 0 saturated carbocycles. The van der Waals surface area contributed by atoms with Crippen LogP contribution in [0, 0.1) is 0 Å². The quantitative estimate of drug-likeness (QED) is 0.400.